The van der Waals surface area contributed by atoms with Gasteiger partial charge >= 0.3 is 0 Å². The third-order valence-corrected chi connectivity index (χ3v) is 5.52. The van der Waals surface area contributed by atoms with E-state index in [2.05, 4.69) is 10.3 Å². The Labute approximate surface area is 143 Å². The topological polar surface area (TPSA) is 99.3 Å². The van der Waals surface area contributed by atoms with Crippen LogP contribution in [0.15, 0.2) is 47.4 Å². The molecule has 0 bridgehead atoms. The molecule has 25 heavy (non-hydrogen) atoms. The Hall–Kier alpha value is -2.87. The summed E-state index contributed by atoms with van der Waals surface area (Å²) in [5.74, 6) is -1.37. The number of aromatic nitrogens is 1. The number of amides is 1. The zero-order valence-electron chi connectivity index (χ0n) is 13.2. The van der Waals surface area contributed by atoms with Crippen LogP contribution in [0.25, 0.3) is 10.9 Å². The molecule has 8 heteroatoms. The Morgan fingerprint density at radius 2 is 1.96 bits per heavy atom. The van der Waals surface area contributed by atoms with Crippen molar-refractivity contribution in [2.45, 2.75) is 11.8 Å². The van der Waals surface area contributed by atoms with Crippen LogP contribution in [0, 0.1) is 5.82 Å². The molecule has 3 N–H and O–H groups in total. The summed E-state index contributed by atoms with van der Waals surface area (Å²) in [6.07, 6.45) is 0. The SMILES string of the molecule is CCS(=O)(=O)c1ccc(O)c(NC(=O)c2cc3cc(F)ccc3[nH]2)c1. The maximum Gasteiger partial charge on any atom is 0.272 e. The number of halogens is 1. The minimum atomic E-state index is -3.48. The number of hydrogen-bond donors (Lipinski definition) is 3. The molecule has 0 saturated heterocycles. The van der Waals surface area contributed by atoms with Crippen molar-refractivity contribution in [3.05, 3.63) is 54.0 Å². The Balaban J connectivity index is 1.93. The fourth-order valence-corrected chi connectivity index (χ4v) is 3.30. The van der Waals surface area contributed by atoms with E-state index in [1.807, 2.05) is 0 Å². The Kier molecular flexibility index (Phi) is 4.22. The summed E-state index contributed by atoms with van der Waals surface area (Å²) in [6, 6.07) is 9.22. The van der Waals surface area contributed by atoms with E-state index in [-0.39, 0.29) is 27.8 Å². The number of sulfone groups is 1. The summed E-state index contributed by atoms with van der Waals surface area (Å²) < 4.78 is 37.1. The molecule has 0 fully saturated rings. The first-order valence-electron chi connectivity index (χ1n) is 7.45. The number of phenols is 1. The van der Waals surface area contributed by atoms with Gasteiger partial charge in [-0.1, -0.05) is 6.92 Å². The average molecular weight is 362 g/mol. The minimum Gasteiger partial charge on any atom is -0.506 e. The summed E-state index contributed by atoms with van der Waals surface area (Å²) in [5.41, 5.74) is 0.714. The smallest absolute Gasteiger partial charge is 0.272 e. The zero-order chi connectivity index (χ0) is 18.2. The highest BCUT2D eigenvalue weighted by molar-refractivity contribution is 7.91. The maximum absolute atomic E-state index is 13.2. The molecule has 0 aliphatic carbocycles. The number of phenolic OH excluding ortho intramolecular Hbond substituents is 1. The molecular weight excluding hydrogens is 347 g/mol. The van der Waals surface area contributed by atoms with E-state index in [4.69, 9.17) is 0 Å². The van der Waals surface area contributed by atoms with Crippen molar-refractivity contribution in [1.82, 2.24) is 4.98 Å². The number of nitrogens with one attached hydrogen (secondary N) is 2. The summed E-state index contributed by atoms with van der Waals surface area (Å²) in [4.78, 5) is 15.2. The molecule has 3 aromatic rings. The molecule has 6 nitrogen and oxygen atoms in total. The van der Waals surface area contributed by atoms with Gasteiger partial charge in [-0.25, -0.2) is 12.8 Å². The van der Waals surface area contributed by atoms with Crippen LogP contribution in [0.5, 0.6) is 5.75 Å². The molecule has 2 aromatic carbocycles. The Morgan fingerprint density at radius 1 is 1.20 bits per heavy atom. The molecule has 0 aliphatic heterocycles. The first-order valence-corrected chi connectivity index (χ1v) is 9.11. The molecule has 0 aliphatic rings. The number of aromatic hydroxyl groups is 1. The highest BCUT2D eigenvalue weighted by atomic mass is 32.2. The largest absolute Gasteiger partial charge is 0.506 e. The Bertz CT molecular complexity index is 1070. The minimum absolute atomic E-state index is 0.00168. The van der Waals surface area contributed by atoms with E-state index in [1.54, 1.807) is 0 Å². The first-order chi connectivity index (χ1) is 11.8. The number of hydrogen-bond acceptors (Lipinski definition) is 4. The molecule has 0 atom stereocenters. The van der Waals surface area contributed by atoms with Crippen molar-refractivity contribution in [1.29, 1.82) is 0 Å². The predicted octanol–water partition coefficient (Wildman–Crippen LogP) is 3.06. The average Bonchev–Trinajstić information content (AvgIpc) is 2.99. The quantitative estimate of drug-likeness (QED) is 0.621. The lowest BCUT2D eigenvalue weighted by atomic mass is 10.2. The highest BCUT2D eigenvalue weighted by Gasteiger charge is 2.17. The van der Waals surface area contributed by atoms with Gasteiger partial charge in [-0.05, 0) is 42.5 Å². The fraction of sp³-hybridized carbons (Fsp3) is 0.118. The number of carbonyl (C=O) groups is 1. The van der Waals surface area contributed by atoms with Crippen molar-refractivity contribution >= 4 is 32.3 Å². The van der Waals surface area contributed by atoms with Gasteiger partial charge in [0.05, 0.1) is 16.3 Å². The molecule has 0 radical (unpaired) electrons. The third kappa shape index (κ3) is 3.34. The van der Waals surface area contributed by atoms with Gasteiger partial charge in [-0.15, -0.1) is 0 Å². The summed E-state index contributed by atoms with van der Waals surface area (Å²) >= 11 is 0. The number of anilines is 1. The number of carbonyl (C=O) groups excluding carboxylic acids is 1. The van der Waals surface area contributed by atoms with Crippen LogP contribution >= 0.6 is 0 Å². The zero-order valence-corrected chi connectivity index (χ0v) is 14.0. The van der Waals surface area contributed by atoms with E-state index in [0.29, 0.717) is 10.9 Å². The molecule has 1 aromatic heterocycles. The van der Waals surface area contributed by atoms with Gasteiger partial charge in [0.1, 0.15) is 17.3 Å². The highest BCUT2D eigenvalue weighted by Crippen LogP contribution is 2.27. The van der Waals surface area contributed by atoms with Gasteiger partial charge in [-0.2, -0.15) is 0 Å². The number of benzene rings is 2. The second-order valence-electron chi connectivity index (χ2n) is 5.45. The van der Waals surface area contributed by atoms with Crippen molar-refractivity contribution < 1.29 is 22.7 Å². The van der Waals surface area contributed by atoms with Gasteiger partial charge in [0.15, 0.2) is 9.84 Å². The van der Waals surface area contributed by atoms with Crippen LogP contribution in [0.1, 0.15) is 17.4 Å². The molecule has 3 rings (SSSR count). The van der Waals surface area contributed by atoms with Crippen LogP contribution in [0.2, 0.25) is 0 Å². The van der Waals surface area contributed by atoms with E-state index < -0.39 is 21.6 Å². The van der Waals surface area contributed by atoms with Gasteiger partial charge in [-0.3, -0.25) is 4.79 Å². The maximum atomic E-state index is 13.2. The van der Waals surface area contributed by atoms with Crippen LogP contribution in [0.4, 0.5) is 10.1 Å². The molecule has 1 heterocycles. The first kappa shape index (κ1) is 17.0. The van der Waals surface area contributed by atoms with E-state index in [1.165, 1.54) is 49.4 Å². The number of aromatic amines is 1. The van der Waals surface area contributed by atoms with Gasteiger partial charge in [0.25, 0.3) is 5.91 Å². The predicted molar refractivity (Wildman–Crippen MR) is 92.0 cm³/mol. The summed E-state index contributed by atoms with van der Waals surface area (Å²) in [5, 5.41) is 12.9. The van der Waals surface area contributed by atoms with Crippen molar-refractivity contribution in [2.75, 3.05) is 11.1 Å². The lowest BCUT2D eigenvalue weighted by Crippen LogP contribution is -2.13. The second-order valence-corrected chi connectivity index (χ2v) is 7.73. The lowest BCUT2D eigenvalue weighted by molar-refractivity contribution is 0.102. The third-order valence-electron chi connectivity index (χ3n) is 3.78. The Morgan fingerprint density at radius 3 is 2.68 bits per heavy atom. The van der Waals surface area contributed by atoms with Gasteiger partial charge in [0, 0.05) is 10.9 Å². The normalized spacial score (nSPS) is 11.6. The van der Waals surface area contributed by atoms with Crippen LogP contribution < -0.4 is 5.32 Å². The van der Waals surface area contributed by atoms with Crippen LogP contribution in [-0.2, 0) is 9.84 Å². The van der Waals surface area contributed by atoms with Crippen molar-refractivity contribution in [3.8, 4) is 5.75 Å². The van der Waals surface area contributed by atoms with E-state index in [9.17, 15) is 22.7 Å². The molecule has 0 saturated carbocycles. The van der Waals surface area contributed by atoms with Crippen molar-refractivity contribution in [2.24, 2.45) is 0 Å². The molecule has 130 valence electrons. The number of H-pyrrole nitrogens is 1. The van der Waals surface area contributed by atoms with E-state index in [0.717, 1.165) is 0 Å². The monoisotopic (exact) mass is 362 g/mol. The summed E-state index contributed by atoms with van der Waals surface area (Å²) in [7, 11) is -3.48. The summed E-state index contributed by atoms with van der Waals surface area (Å²) in [6.45, 7) is 1.50. The lowest BCUT2D eigenvalue weighted by Gasteiger charge is -2.09. The molecule has 0 unspecified atom stereocenters. The second kappa shape index (κ2) is 6.21. The molecule has 0 spiro atoms. The van der Waals surface area contributed by atoms with Gasteiger partial charge < -0.3 is 15.4 Å². The van der Waals surface area contributed by atoms with Crippen LogP contribution in [0.3, 0.4) is 0 Å². The van der Waals surface area contributed by atoms with Crippen LogP contribution in [-0.4, -0.2) is 30.2 Å². The molecular formula is C17H15FN2O4S. The van der Waals surface area contributed by atoms with E-state index >= 15 is 0 Å². The fourth-order valence-electron chi connectivity index (χ4n) is 2.39. The molecule has 1 amide bonds. The standard InChI is InChI=1S/C17H15FN2O4S/c1-2-25(23,24)12-4-6-16(21)14(9-12)20-17(22)15-8-10-7-11(18)3-5-13(10)19-15/h3-9,19,21H,2H2,1H3,(H,20,22). The van der Waals surface area contributed by atoms with Gasteiger partial charge in [0.2, 0.25) is 0 Å². The number of rotatable bonds is 4. The van der Waals surface area contributed by atoms with Crippen molar-refractivity contribution in [3.63, 3.8) is 0 Å². The number of fused-ring (bicyclic) bond motifs is 1.